The number of likely N-dealkylation sites (tertiary alicyclic amines) is 1. The quantitative estimate of drug-likeness (QED) is 0.520. The highest BCUT2D eigenvalue weighted by molar-refractivity contribution is 5.76. The summed E-state index contributed by atoms with van der Waals surface area (Å²) in [6.07, 6.45) is 3.79. The molecule has 9 heteroatoms. The highest BCUT2D eigenvalue weighted by Crippen LogP contribution is 2.38. The first-order valence-corrected chi connectivity index (χ1v) is 12.8. The lowest BCUT2D eigenvalue weighted by Crippen LogP contribution is -2.39. The molecule has 0 bridgehead atoms. The van der Waals surface area contributed by atoms with Crippen LogP contribution in [0.2, 0.25) is 0 Å². The van der Waals surface area contributed by atoms with Crippen LogP contribution < -0.4 is 15.4 Å². The topological polar surface area (TPSA) is 116 Å². The zero-order chi connectivity index (χ0) is 26.4. The number of ether oxygens (including phenoxy) is 1. The second-order valence-electron chi connectivity index (χ2n) is 9.52. The van der Waals surface area contributed by atoms with Crippen LogP contribution in [0.15, 0.2) is 40.9 Å². The first kappa shape index (κ1) is 26.2. The second kappa shape index (κ2) is 11.9. The van der Waals surface area contributed by atoms with Gasteiger partial charge < -0.3 is 24.8 Å². The number of carbonyl (C=O) groups is 1. The molecule has 3 aromatic rings. The van der Waals surface area contributed by atoms with Crippen molar-refractivity contribution in [1.29, 1.82) is 5.26 Å². The molecule has 1 aliphatic carbocycles. The third-order valence-corrected chi connectivity index (χ3v) is 6.34. The van der Waals surface area contributed by atoms with Crippen molar-refractivity contribution in [1.82, 2.24) is 25.7 Å². The van der Waals surface area contributed by atoms with Gasteiger partial charge in [-0.2, -0.15) is 10.2 Å². The third kappa shape index (κ3) is 5.92. The van der Waals surface area contributed by atoms with Crippen LogP contribution in [0.1, 0.15) is 55.8 Å². The second-order valence-corrected chi connectivity index (χ2v) is 9.52. The maximum atomic E-state index is 12.6. The van der Waals surface area contributed by atoms with E-state index in [0.29, 0.717) is 28.6 Å². The Bertz CT molecular complexity index is 1270. The Labute approximate surface area is 217 Å². The van der Waals surface area contributed by atoms with Gasteiger partial charge in [0.2, 0.25) is 5.82 Å². The van der Waals surface area contributed by atoms with Crippen LogP contribution in [-0.4, -0.2) is 54.4 Å². The van der Waals surface area contributed by atoms with E-state index in [0.717, 1.165) is 55.5 Å². The molecule has 2 aromatic carbocycles. The first-order chi connectivity index (χ1) is 17.9. The van der Waals surface area contributed by atoms with Crippen LogP contribution >= 0.6 is 0 Å². The first-order valence-electron chi connectivity index (χ1n) is 12.8. The van der Waals surface area contributed by atoms with Gasteiger partial charge in [0.25, 0.3) is 5.89 Å². The number of nitriles is 1. The summed E-state index contributed by atoms with van der Waals surface area (Å²) in [7, 11) is 3.75. The largest absolute Gasteiger partial charge is 0.490 e. The van der Waals surface area contributed by atoms with Gasteiger partial charge in [0.05, 0.1) is 17.7 Å². The molecule has 0 unspecified atom stereocenters. The Kier molecular flexibility index (Phi) is 8.41. The van der Waals surface area contributed by atoms with Gasteiger partial charge in [-0.1, -0.05) is 23.4 Å². The number of hydrogen-bond donors (Lipinski definition) is 2. The molecule has 1 aliphatic heterocycles. The van der Waals surface area contributed by atoms with E-state index in [1.54, 1.807) is 12.1 Å². The van der Waals surface area contributed by atoms with Gasteiger partial charge >= 0.3 is 6.03 Å². The van der Waals surface area contributed by atoms with E-state index in [1.807, 2.05) is 51.0 Å². The minimum Gasteiger partial charge on any atom is -0.490 e. The number of rotatable bonds is 5. The van der Waals surface area contributed by atoms with Gasteiger partial charge in [0, 0.05) is 24.2 Å². The molecule has 5 rings (SSSR count). The normalized spacial score (nSPS) is 16.1. The summed E-state index contributed by atoms with van der Waals surface area (Å²) >= 11 is 0. The average Bonchev–Trinajstić information content (AvgIpc) is 3.66. The molecule has 9 nitrogen and oxygen atoms in total. The van der Waals surface area contributed by atoms with E-state index in [2.05, 4.69) is 32.9 Å². The summed E-state index contributed by atoms with van der Waals surface area (Å²) < 4.78 is 11.3. The zero-order valence-electron chi connectivity index (χ0n) is 21.9. The zero-order valence-corrected chi connectivity index (χ0v) is 21.9. The molecule has 2 N–H and O–H groups in total. The van der Waals surface area contributed by atoms with Crippen molar-refractivity contribution in [3.8, 4) is 34.7 Å². The molecule has 2 heterocycles. The fourth-order valence-electron chi connectivity index (χ4n) is 4.73. The Morgan fingerprint density at radius 3 is 2.68 bits per heavy atom. The third-order valence-electron chi connectivity index (χ3n) is 6.34. The standard InChI is InChI=1S/C26H27N5O3.C2H7N/c1-16(2)33-23-11-8-17(14-18(23)15-27)25-29-24(30-34-25)21-7-5-6-20-19(21)9-10-22(20)28-26(32)31-12-3-4-13-31;1-3-2/h5-8,11,14,16,22H,3-4,9-10,12-13H2,1-2H3,(H,28,32);3H,1-2H3/t22-;/m1./s1. The van der Waals surface area contributed by atoms with Crippen molar-refractivity contribution in [3.63, 3.8) is 0 Å². The number of fused-ring (bicyclic) bond motifs is 1. The summed E-state index contributed by atoms with van der Waals surface area (Å²) in [4.78, 5) is 19.1. The van der Waals surface area contributed by atoms with Crippen molar-refractivity contribution < 1.29 is 14.1 Å². The summed E-state index contributed by atoms with van der Waals surface area (Å²) in [5.41, 5.74) is 4.24. The molecule has 194 valence electrons. The number of urea groups is 1. The Morgan fingerprint density at radius 2 is 1.97 bits per heavy atom. The Morgan fingerprint density at radius 1 is 1.22 bits per heavy atom. The lowest BCUT2D eigenvalue weighted by atomic mass is 10.0. The minimum atomic E-state index is -0.0305. The van der Waals surface area contributed by atoms with E-state index in [1.165, 1.54) is 0 Å². The number of nitrogens with zero attached hydrogens (tertiary/aromatic N) is 4. The van der Waals surface area contributed by atoms with Gasteiger partial charge in [-0.15, -0.1) is 0 Å². The van der Waals surface area contributed by atoms with Crippen LogP contribution in [0.25, 0.3) is 22.8 Å². The molecular formula is C28H34N6O3. The number of nitrogens with one attached hydrogen (secondary N) is 2. The number of amides is 2. The molecule has 1 atom stereocenters. The maximum absolute atomic E-state index is 12.6. The van der Waals surface area contributed by atoms with E-state index < -0.39 is 0 Å². The predicted octanol–water partition coefficient (Wildman–Crippen LogP) is 4.69. The minimum absolute atomic E-state index is 0.0129. The van der Waals surface area contributed by atoms with Gasteiger partial charge in [0.1, 0.15) is 11.8 Å². The van der Waals surface area contributed by atoms with Crippen molar-refractivity contribution >= 4 is 6.03 Å². The molecular weight excluding hydrogens is 468 g/mol. The van der Waals surface area contributed by atoms with Crippen LogP contribution in [0.4, 0.5) is 4.79 Å². The number of aromatic nitrogens is 2. The van der Waals surface area contributed by atoms with Crippen molar-refractivity contribution in [2.75, 3.05) is 27.2 Å². The Hall–Kier alpha value is -3.90. The van der Waals surface area contributed by atoms with Crippen LogP contribution in [0.5, 0.6) is 5.75 Å². The molecule has 1 saturated heterocycles. The fourth-order valence-corrected chi connectivity index (χ4v) is 4.73. The molecule has 1 fully saturated rings. The fraction of sp³-hybridized carbons (Fsp3) is 0.429. The maximum Gasteiger partial charge on any atom is 0.317 e. The van der Waals surface area contributed by atoms with E-state index in [-0.39, 0.29) is 18.2 Å². The summed E-state index contributed by atoms with van der Waals surface area (Å²) in [6, 6.07) is 13.5. The number of carbonyl (C=O) groups excluding carboxylic acids is 1. The molecule has 0 spiro atoms. The van der Waals surface area contributed by atoms with Crippen LogP contribution in [0.3, 0.4) is 0 Å². The molecule has 2 aliphatic rings. The van der Waals surface area contributed by atoms with E-state index in [4.69, 9.17) is 9.26 Å². The number of benzene rings is 2. The van der Waals surface area contributed by atoms with Gasteiger partial charge in [-0.3, -0.25) is 0 Å². The van der Waals surface area contributed by atoms with Gasteiger partial charge in [0.15, 0.2) is 0 Å². The highest BCUT2D eigenvalue weighted by atomic mass is 16.5. The SMILES string of the molecule is CC(C)Oc1ccc(-c2nc(-c3cccc4c3CC[C@H]4NC(=O)N3CCCC3)no2)cc1C#N.CNC. The summed E-state index contributed by atoms with van der Waals surface area (Å²) in [5.74, 6) is 1.38. The predicted molar refractivity (Wildman–Crippen MR) is 141 cm³/mol. The summed E-state index contributed by atoms with van der Waals surface area (Å²) in [6.45, 7) is 5.49. The smallest absolute Gasteiger partial charge is 0.317 e. The summed E-state index contributed by atoms with van der Waals surface area (Å²) in [5, 5.41) is 19.7. The van der Waals surface area contributed by atoms with Gasteiger partial charge in [-0.05, 0) is 83.0 Å². The van der Waals surface area contributed by atoms with Crippen molar-refractivity contribution in [3.05, 3.63) is 53.1 Å². The average molecular weight is 503 g/mol. The molecule has 0 radical (unpaired) electrons. The number of hydrogen-bond acceptors (Lipinski definition) is 7. The van der Waals surface area contributed by atoms with Crippen molar-refractivity contribution in [2.24, 2.45) is 0 Å². The lowest BCUT2D eigenvalue weighted by molar-refractivity contribution is 0.204. The highest BCUT2D eigenvalue weighted by Gasteiger charge is 2.29. The molecule has 0 saturated carbocycles. The monoisotopic (exact) mass is 502 g/mol. The molecule has 37 heavy (non-hydrogen) atoms. The van der Waals surface area contributed by atoms with Crippen LogP contribution in [-0.2, 0) is 6.42 Å². The van der Waals surface area contributed by atoms with E-state index >= 15 is 0 Å². The Balaban J connectivity index is 0.00000102. The van der Waals surface area contributed by atoms with Crippen molar-refractivity contribution in [2.45, 2.75) is 51.7 Å². The lowest BCUT2D eigenvalue weighted by Gasteiger charge is -2.20. The van der Waals surface area contributed by atoms with Crippen LogP contribution in [0, 0.1) is 11.3 Å². The van der Waals surface area contributed by atoms with Gasteiger partial charge in [-0.25, -0.2) is 4.79 Å². The molecule has 1 aromatic heterocycles. The van der Waals surface area contributed by atoms with E-state index in [9.17, 15) is 10.1 Å². The molecule has 2 amide bonds.